The van der Waals surface area contributed by atoms with Gasteiger partial charge in [0.1, 0.15) is 11.5 Å². The molecule has 5 nitrogen and oxygen atoms in total. The fourth-order valence-electron chi connectivity index (χ4n) is 2.24. The summed E-state index contributed by atoms with van der Waals surface area (Å²) >= 11 is 1.32. The summed E-state index contributed by atoms with van der Waals surface area (Å²) in [4.78, 5) is 0.935. The zero-order valence-corrected chi connectivity index (χ0v) is 13.8. The highest BCUT2D eigenvalue weighted by molar-refractivity contribution is 7.05. The Hall–Kier alpha value is -1.66. The van der Waals surface area contributed by atoms with Crippen molar-refractivity contribution in [3.05, 3.63) is 34.3 Å². The Morgan fingerprint density at radius 2 is 1.71 bits per heavy atom. The van der Waals surface area contributed by atoms with Crippen molar-refractivity contribution in [2.45, 2.75) is 32.2 Å². The molecule has 1 aromatic carbocycles. The van der Waals surface area contributed by atoms with Gasteiger partial charge in [0, 0.05) is 5.41 Å². The lowest BCUT2D eigenvalue weighted by Crippen LogP contribution is -2.20. The molecular weight excluding hydrogens is 286 g/mol. The minimum absolute atomic E-state index is 0.116. The van der Waals surface area contributed by atoms with Crippen LogP contribution in [-0.2, 0) is 5.41 Å². The van der Waals surface area contributed by atoms with Crippen molar-refractivity contribution in [2.75, 3.05) is 14.2 Å². The Labute approximate surface area is 129 Å². The zero-order chi connectivity index (χ0) is 15.6. The Morgan fingerprint density at radius 1 is 1.14 bits per heavy atom. The first-order chi connectivity index (χ1) is 9.90. The predicted molar refractivity (Wildman–Crippen MR) is 84.2 cm³/mol. The summed E-state index contributed by atoms with van der Waals surface area (Å²) in [5.74, 6) is 1.41. The van der Waals surface area contributed by atoms with Gasteiger partial charge in [0.15, 0.2) is 0 Å². The van der Waals surface area contributed by atoms with Gasteiger partial charge < -0.3 is 15.2 Å². The van der Waals surface area contributed by atoms with E-state index in [4.69, 9.17) is 15.2 Å². The maximum atomic E-state index is 6.48. The molecular formula is C15H21N3O2S. The van der Waals surface area contributed by atoms with Crippen LogP contribution in [0.4, 0.5) is 0 Å². The van der Waals surface area contributed by atoms with Crippen LogP contribution in [0.25, 0.3) is 0 Å². The molecule has 0 aliphatic rings. The van der Waals surface area contributed by atoms with E-state index >= 15 is 0 Å². The molecule has 2 rings (SSSR count). The van der Waals surface area contributed by atoms with Crippen LogP contribution in [0.3, 0.4) is 0 Å². The lowest BCUT2D eigenvalue weighted by atomic mass is 9.88. The molecule has 1 unspecified atom stereocenters. The van der Waals surface area contributed by atoms with E-state index < -0.39 is 0 Å². The largest absolute Gasteiger partial charge is 0.496 e. The van der Waals surface area contributed by atoms with Gasteiger partial charge >= 0.3 is 0 Å². The van der Waals surface area contributed by atoms with Gasteiger partial charge in [0.05, 0.1) is 36.4 Å². The first kappa shape index (κ1) is 15.7. The smallest absolute Gasteiger partial charge is 0.127 e. The van der Waals surface area contributed by atoms with E-state index in [1.807, 2.05) is 18.2 Å². The SMILES string of the molecule is COc1cccc(OC)c1C(N)c1snnc1C(C)(C)C. The van der Waals surface area contributed by atoms with Gasteiger partial charge in [-0.1, -0.05) is 31.3 Å². The molecule has 0 radical (unpaired) electrons. The van der Waals surface area contributed by atoms with Crippen molar-refractivity contribution in [3.8, 4) is 11.5 Å². The number of hydrogen-bond acceptors (Lipinski definition) is 6. The van der Waals surface area contributed by atoms with Crippen LogP contribution >= 0.6 is 11.5 Å². The van der Waals surface area contributed by atoms with Gasteiger partial charge in [-0.3, -0.25) is 0 Å². The van der Waals surface area contributed by atoms with E-state index in [9.17, 15) is 0 Å². The first-order valence-corrected chi connectivity index (χ1v) is 7.46. The van der Waals surface area contributed by atoms with Crippen molar-refractivity contribution >= 4 is 11.5 Å². The third kappa shape index (κ3) is 3.01. The Balaban J connectivity index is 2.55. The molecule has 0 saturated carbocycles. The van der Waals surface area contributed by atoms with Crippen molar-refractivity contribution in [3.63, 3.8) is 0 Å². The van der Waals surface area contributed by atoms with Crippen LogP contribution in [0.1, 0.15) is 42.9 Å². The lowest BCUT2D eigenvalue weighted by Gasteiger charge is -2.22. The van der Waals surface area contributed by atoms with Crippen molar-refractivity contribution in [1.29, 1.82) is 0 Å². The summed E-state index contributed by atoms with van der Waals surface area (Å²) in [6, 6.07) is 5.25. The van der Waals surface area contributed by atoms with Gasteiger partial charge in [-0.05, 0) is 23.7 Å². The Bertz CT molecular complexity index is 597. The summed E-state index contributed by atoms with van der Waals surface area (Å²) < 4.78 is 14.9. The van der Waals surface area contributed by atoms with Crippen LogP contribution in [0.5, 0.6) is 11.5 Å². The normalized spacial score (nSPS) is 13.0. The number of methoxy groups -OCH3 is 2. The van der Waals surface area contributed by atoms with Gasteiger partial charge in [-0.25, -0.2) is 0 Å². The molecule has 2 aromatic rings. The Kier molecular flexibility index (Phi) is 4.49. The van der Waals surface area contributed by atoms with E-state index in [-0.39, 0.29) is 11.5 Å². The second-order valence-electron chi connectivity index (χ2n) is 5.79. The monoisotopic (exact) mass is 307 g/mol. The second kappa shape index (κ2) is 5.99. The molecule has 1 heterocycles. The van der Waals surface area contributed by atoms with E-state index in [1.165, 1.54) is 11.5 Å². The van der Waals surface area contributed by atoms with E-state index in [1.54, 1.807) is 14.2 Å². The fraction of sp³-hybridized carbons (Fsp3) is 0.467. The van der Waals surface area contributed by atoms with Crippen molar-refractivity contribution in [2.24, 2.45) is 5.73 Å². The average molecular weight is 307 g/mol. The standard InChI is InChI=1S/C15H21N3O2S/c1-15(2,3)14-13(21-18-17-14)12(16)11-9(19-4)7-6-8-10(11)20-5/h6-8,12H,16H2,1-5H3. The average Bonchev–Trinajstić information content (AvgIpc) is 2.95. The molecule has 0 aliphatic carbocycles. The highest BCUT2D eigenvalue weighted by Gasteiger charge is 2.29. The number of nitrogens with zero attached hydrogens (tertiary/aromatic N) is 2. The summed E-state index contributed by atoms with van der Waals surface area (Å²) in [5.41, 5.74) is 8.09. The van der Waals surface area contributed by atoms with Gasteiger partial charge in [-0.15, -0.1) is 5.10 Å². The molecule has 0 saturated heterocycles. The summed E-state index contributed by atoms with van der Waals surface area (Å²) in [6.45, 7) is 6.29. The van der Waals surface area contributed by atoms with E-state index in [0.717, 1.165) is 16.1 Å². The van der Waals surface area contributed by atoms with Crippen LogP contribution in [-0.4, -0.2) is 23.8 Å². The molecule has 1 aromatic heterocycles. The van der Waals surface area contributed by atoms with Crippen LogP contribution in [0.2, 0.25) is 0 Å². The van der Waals surface area contributed by atoms with Crippen LogP contribution in [0, 0.1) is 0 Å². The maximum absolute atomic E-state index is 6.48. The second-order valence-corrected chi connectivity index (χ2v) is 6.58. The molecule has 114 valence electrons. The number of aromatic nitrogens is 2. The third-order valence-electron chi connectivity index (χ3n) is 3.28. The molecule has 0 spiro atoms. The minimum Gasteiger partial charge on any atom is -0.496 e. The number of hydrogen-bond donors (Lipinski definition) is 1. The van der Waals surface area contributed by atoms with Crippen molar-refractivity contribution in [1.82, 2.24) is 9.59 Å². The molecule has 0 aliphatic heterocycles. The third-order valence-corrected chi connectivity index (χ3v) is 4.09. The molecule has 1 atom stereocenters. The van der Waals surface area contributed by atoms with Crippen molar-refractivity contribution < 1.29 is 9.47 Å². The molecule has 0 amide bonds. The summed E-state index contributed by atoms with van der Waals surface area (Å²) in [5, 5.41) is 4.25. The number of rotatable bonds is 4. The topological polar surface area (TPSA) is 70.3 Å². The number of benzene rings is 1. The summed E-state index contributed by atoms with van der Waals surface area (Å²) in [6.07, 6.45) is 0. The summed E-state index contributed by atoms with van der Waals surface area (Å²) in [7, 11) is 3.25. The van der Waals surface area contributed by atoms with Crippen LogP contribution in [0.15, 0.2) is 18.2 Å². The van der Waals surface area contributed by atoms with E-state index in [2.05, 4.69) is 30.4 Å². The van der Waals surface area contributed by atoms with Crippen LogP contribution < -0.4 is 15.2 Å². The van der Waals surface area contributed by atoms with Gasteiger partial charge in [0.25, 0.3) is 0 Å². The highest BCUT2D eigenvalue weighted by Crippen LogP contribution is 2.39. The lowest BCUT2D eigenvalue weighted by molar-refractivity contribution is 0.382. The molecule has 2 N–H and O–H groups in total. The molecule has 21 heavy (non-hydrogen) atoms. The number of nitrogens with two attached hydrogens (primary N) is 1. The fourth-order valence-corrected chi connectivity index (χ4v) is 3.11. The minimum atomic E-state index is -0.384. The highest BCUT2D eigenvalue weighted by atomic mass is 32.1. The maximum Gasteiger partial charge on any atom is 0.127 e. The van der Waals surface area contributed by atoms with Gasteiger partial charge in [-0.2, -0.15) is 0 Å². The predicted octanol–water partition coefficient (Wildman–Crippen LogP) is 2.90. The molecule has 6 heteroatoms. The first-order valence-electron chi connectivity index (χ1n) is 6.69. The quantitative estimate of drug-likeness (QED) is 0.940. The zero-order valence-electron chi connectivity index (χ0n) is 13.0. The molecule has 0 bridgehead atoms. The Morgan fingerprint density at radius 3 is 2.19 bits per heavy atom. The van der Waals surface area contributed by atoms with Gasteiger partial charge in [0.2, 0.25) is 0 Å². The van der Waals surface area contributed by atoms with E-state index in [0.29, 0.717) is 11.5 Å². The molecule has 0 fully saturated rings. The number of ether oxygens (including phenoxy) is 2.